The van der Waals surface area contributed by atoms with Gasteiger partial charge in [0.1, 0.15) is 6.26 Å². The van der Waals surface area contributed by atoms with E-state index in [9.17, 15) is 0 Å². The van der Waals surface area contributed by atoms with Gasteiger partial charge in [0.15, 0.2) is 5.76 Å². The van der Waals surface area contributed by atoms with Gasteiger partial charge in [-0.2, -0.15) is 0 Å². The number of nitrogens with zero attached hydrogens (tertiary/aromatic N) is 1. The van der Waals surface area contributed by atoms with Crippen molar-refractivity contribution >= 4 is 16.3 Å². The van der Waals surface area contributed by atoms with Crippen LogP contribution in [0.3, 0.4) is 0 Å². The van der Waals surface area contributed by atoms with Crippen LogP contribution >= 0.6 is 0 Å². The maximum Gasteiger partial charge on any atom is 0.168 e. The van der Waals surface area contributed by atoms with Crippen molar-refractivity contribution in [2.45, 2.75) is 6.42 Å². The SMILES string of the molecule is C=CCC1=C(c2nccc3ccccc23)C=COO1. The summed E-state index contributed by atoms with van der Waals surface area (Å²) in [5, 5.41) is 2.24. The number of aromatic nitrogens is 1. The summed E-state index contributed by atoms with van der Waals surface area (Å²) in [4.78, 5) is 14.6. The third-order valence-corrected chi connectivity index (χ3v) is 3.00. The lowest BCUT2D eigenvalue weighted by Gasteiger charge is -2.15. The van der Waals surface area contributed by atoms with Crippen molar-refractivity contribution < 1.29 is 9.78 Å². The Hall–Kier alpha value is -2.55. The van der Waals surface area contributed by atoms with E-state index in [1.165, 1.54) is 6.26 Å². The molecule has 0 saturated heterocycles. The summed E-state index contributed by atoms with van der Waals surface area (Å²) in [6, 6.07) is 10.1. The minimum atomic E-state index is 0.602. The molecular formula is C16H13NO2. The highest BCUT2D eigenvalue weighted by Gasteiger charge is 2.15. The molecule has 1 aliphatic heterocycles. The highest BCUT2D eigenvalue weighted by Crippen LogP contribution is 2.30. The molecule has 1 aromatic carbocycles. The Labute approximate surface area is 111 Å². The summed E-state index contributed by atoms with van der Waals surface area (Å²) in [5.41, 5.74) is 1.83. The quantitative estimate of drug-likeness (QED) is 0.610. The largest absolute Gasteiger partial charge is 0.298 e. The Morgan fingerprint density at radius 1 is 1.21 bits per heavy atom. The highest BCUT2D eigenvalue weighted by atomic mass is 17.2. The van der Waals surface area contributed by atoms with Crippen molar-refractivity contribution in [2.24, 2.45) is 0 Å². The van der Waals surface area contributed by atoms with Crippen molar-refractivity contribution in [2.75, 3.05) is 0 Å². The first kappa shape index (κ1) is 11.5. The lowest BCUT2D eigenvalue weighted by atomic mass is 10.0. The van der Waals surface area contributed by atoms with E-state index < -0.39 is 0 Å². The van der Waals surface area contributed by atoms with Crippen LogP contribution < -0.4 is 0 Å². The molecule has 0 bridgehead atoms. The van der Waals surface area contributed by atoms with Crippen LogP contribution in [0, 0.1) is 0 Å². The van der Waals surface area contributed by atoms with E-state index in [1.807, 2.05) is 24.3 Å². The van der Waals surface area contributed by atoms with E-state index >= 15 is 0 Å². The molecule has 0 spiro atoms. The molecule has 0 saturated carbocycles. The predicted octanol–water partition coefficient (Wildman–Crippen LogP) is 4.00. The van der Waals surface area contributed by atoms with Crippen molar-refractivity contribution in [3.8, 4) is 0 Å². The van der Waals surface area contributed by atoms with E-state index in [1.54, 1.807) is 12.3 Å². The Morgan fingerprint density at radius 2 is 2.11 bits per heavy atom. The van der Waals surface area contributed by atoms with Gasteiger partial charge in [-0.05, 0) is 17.5 Å². The van der Waals surface area contributed by atoms with Crippen LogP contribution in [0.25, 0.3) is 16.3 Å². The van der Waals surface area contributed by atoms with Gasteiger partial charge in [-0.3, -0.25) is 14.8 Å². The van der Waals surface area contributed by atoms with E-state index in [4.69, 9.17) is 9.78 Å². The van der Waals surface area contributed by atoms with Gasteiger partial charge in [0, 0.05) is 23.6 Å². The lowest BCUT2D eigenvalue weighted by Crippen LogP contribution is -2.01. The molecule has 0 N–H and O–H groups in total. The Kier molecular flexibility index (Phi) is 3.02. The van der Waals surface area contributed by atoms with Crippen LogP contribution in [0.5, 0.6) is 0 Å². The molecule has 1 aliphatic rings. The summed E-state index contributed by atoms with van der Waals surface area (Å²) >= 11 is 0. The van der Waals surface area contributed by atoms with Crippen molar-refractivity contribution in [3.05, 3.63) is 73.0 Å². The molecule has 0 atom stereocenters. The normalized spacial score (nSPS) is 14.1. The molecule has 3 rings (SSSR count). The first-order chi connectivity index (χ1) is 9.40. The lowest BCUT2D eigenvalue weighted by molar-refractivity contribution is -0.214. The van der Waals surface area contributed by atoms with Crippen LogP contribution in [0.4, 0.5) is 0 Å². The maximum absolute atomic E-state index is 5.22. The minimum absolute atomic E-state index is 0.602. The van der Waals surface area contributed by atoms with E-state index in [0.29, 0.717) is 6.42 Å². The van der Waals surface area contributed by atoms with Crippen LogP contribution in [0.15, 0.2) is 67.3 Å². The number of hydrogen-bond acceptors (Lipinski definition) is 3. The molecule has 3 nitrogen and oxygen atoms in total. The van der Waals surface area contributed by atoms with Crippen LogP contribution in [-0.2, 0) is 9.78 Å². The first-order valence-corrected chi connectivity index (χ1v) is 6.08. The van der Waals surface area contributed by atoms with Gasteiger partial charge in [0.05, 0.1) is 5.69 Å². The fourth-order valence-electron chi connectivity index (χ4n) is 2.14. The zero-order valence-electron chi connectivity index (χ0n) is 10.4. The van der Waals surface area contributed by atoms with Crippen LogP contribution in [0.1, 0.15) is 12.1 Å². The number of pyridine rings is 1. The van der Waals surface area contributed by atoms with Crippen molar-refractivity contribution in [3.63, 3.8) is 0 Å². The van der Waals surface area contributed by atoms with Gasteiger partial charge in [-0.15, -0.1) is 6.58 Å². The second-order valence-electron chi connectivity index (χ2n) is 4.19. The van der Waals surface area contributed by atoms with Gasteiger partial charge in [-0.1, -0.05) is 30.3 Å². The predicted molar refractivity (Wildman–Crippen MR) is 74.8 cm³/mol. The first-order valence-electron chi connectivity index (χ1n) is 6.08. The minimum Gasteiger partial charge on any atom is -0.298 e. The Bertz CT molecular complexity index is 681. The van der Waals surface area contributed by atoms with Gasteiger partial charge in [-0.25, -0.2) is 0 Å². The van der Waals surface area contributed by atoms with Crippen LogP contribution in [-0.4, -0.2) is 4.98 Å². The number of rotatable bonds is 3. The van der Waals surface area contributed by atoms with Gasteiger partial charge >= 0.3 is 0 Å². The Morgan fingerprint density at radius 3 is 3.00 bits per heavy atom. The second kappa shape index (κ2) is 4.98. The Balaban J connectivity index is 2.23. The molecule has 19 heavy (non-hydrogen) atoms. The fraction of sp³-hybridized carbons (Fsp3) is 0.0625. The molecule has 0 radical (unpaired) electrons. The zero-order chi connectivity index (χ0) is 13.1. The molecule has 1 aromatic heterocycles. The van der Waals surface area contributed by atoms with Crippen LogP contribution in [0.2, 0.25) is 0 Å². The summed E-state index contributed by atoms with van der Waals surface area (Å²) in [5.74, 6) is 0.723. The average Bonchev–Trinajstić information content (AvgIpc) is 2.48. The molecule has 0 amide bonds. The summed E-state index contributed by atoms with van der Waals surface area (Å²) in [6.45, 7) is 3.73. The fourth-order valence-corrected chi connectivity index (χ4v) is 2.14. The summed E-state index contributed by atoms with van der Waals surface area (Å²) in [7, 11) is 0. The number of benzene rings is 1. The van der Waals surface area contributed by atoms with Gasteiger partial charge in [0.25, 0.3) is 0 Å². The van der Waals surface area contributed by atoms with E-state index in [0.717, 1.165) is 27.8 Å². The molecule has 0 unspecified atom stereocenters. The molecular weight excluding hydrogens is 238 g/mol. The summed E-state index contributed by atoms with van der Waals surface area (Å²) < 4.78 is 0. The standard InChI is InChI=1S/C16H13NO2/c1-2-5-15-14(9-11-18-19-15)16-13-7-4-3-6-12(13)8-10-17-16/h2-4,6-11H,1,5H2. The maximum atomic E-state index is 5.22. The number of fused-ring (bicyclic) bond motifs is 1. The molecule has 0 aliphatic carbocycles. The smallest absolute Gasteiger partial charge is 0.168 e. The molecule has 3 heteroatoms. The molecule has 2 aromatic rings. The third kappa shape index (κ3) is 2.10. The van der Waals surface area contributed by atoms with E-state index in [2.05, 4.69) is 23.7 Å². The monoisotopic (exact) mass is 251 g/mol. The third-order valence-electron chi connectivity index (χ3n) is 3.00. The molecule has 0 fully saturated rings. The van der Waals surface area contributed by atoms with Gasteiger partial charge < -0.3 is 0 Å². The topological polar surface area (TPSA) is 31.4 Å². The average molecular weight is 251 g/mol. The van der Waals surface area contributed by atoms with E-state index in [-0.39, 0.29) is 0 Å². The van der Waals surface area contributed by atoms with Gasteiger partial charge in [0.2, 0.25) is 0 Å². The molecule has 2 heterocycles. The number of allylic oxidation sites excluding steroid dienone is 3. The molecule has 94 valence electrons. The van der Waals surface area contributed by atoms with Crippen molar-refractivity contribution in [1.82, 2.24) is 4.98 Å². The second-order valence-corrected chi connectivity index (χ2v) is 4.19. The number of hydrogen-bond donors (Lipinski definition) is 0. The summed E-state index contributed by atoms with van der Waals surface area (Å²) in [6.07, 6.45) is 7.58. The van der Waals surface area contributed by atoms with Crippen molar-refractivity contribution in [1.29, 1.82) is 0 Å². The zero-order valence-corrected chi connectivity index (χ0v) is 10.4. The highest BCUT2D eigenvalue weighted by molar-refractivity contribution is 5.94.